The van der Waals surface area contributed by atoms with Crippen LogP contribution < -0.4 is 15.4 Å². The molecule has 0 aliphatic carbocycles. The number of ether oxygens (including phenoxy) is 1. The van der Waals surface area contributed by atoms with Gasteiger partial charge in [-0.1, -0.05) is 12.1 Å². The topological polar surface area (TPSA) is 53.6 Å². The summed E-state index contributed by atoms with van der Waals surface area (Å²) in [4.78, 5) is 14.7. The van der Waals surface area contributed by atoms with Crippen molar-refractivity contribution in [2.75, 3.05) is 32.1 Å². The summed E-state index contributed by atoms with van der Waals surface area (Å²) < 4.78 is 5.30. The second-order valence-electron chi connectivity index (χ2n) is 5.73. The van der Waals surface area contributed by atoms with E-state index in [-0.39, 0.29) is 30.7 Å². The van der Waals surface area contributed by atoms with E-state index in [1.165, 1.54) is 0 Å². The van der Waals surface area contributed by atoms with Crippen molar-refractivity contribution >= 4 is 36.4 Å². The van der Waals surface area contributed by atoms with Gasteiger partial charge in [-0.15, -0.1) is 24.8 Å². The predicted molar refractivity (Wildman–Crippen MR) is 97.1 cm³/mol. The molecule has 3 rings (SSSR count). The summed E-state index contributed by atoms with van der Waals surface area (Å²) in [5, 5.41) is 6.64. The number of hydrogen-bond acceptors (Lipinski definition) is 4. The number of nitrogens with zero attached hydrogens (tertiary/aromatic N) is 1. The van der Waals surface area contributed by atoms with E-state index in [9.17, 15) is 4.79 Å². The van der Waals surface area contributed by atoms with E-state index in [0.29, 0.717) is 18.6 Å². The van der Waals surface area contributed by atoms with Crippen molar-refractivity contribution in [3.63, 3.8) is 0 Å². The first-order chi connectivity index (χ1) is 10.3. The molecule has 23 heavy (non-hydrogen) atoms. The molecular formula is C16H25Cl2N3O2. The van der Waals surface area contributed by atoms with Crippen LogP contribution in [0.15, 0.2) is 24.3 Å². The number of rotatable bonds is 4. The summed E-state index contributed by atoms with van der Waals surface area (Å²) in [5.74, 6) is 0.961. The minimum Gasteiger partial charge on any atom is -0.495 e. The zero-order valence-corrected chi connectivity index (χ0v) is 14.9. The minimum atomic E-state index is 0. The highest BCUT2D eigenvalue weighted by molar-refractivity contribution is 5.85. The number of anilines is 1. The van der Waals surface area contributed by atoms with Gasteiger partial charge in [-0.3, -0.25) is 4.79 Å². The molecule has 2 atom stereocenters. The molecule has 0 aromatic heterocycles. The van der Waals surface area contributed by atoms with Crippen LogP contribution >= 0.6 is 24.8 Å². The highest BCUT2D eigenvalue weighted by Crippen LogP contribution is 2.28. The lowest BCUT2D eigenvalue weighted by Gasteiger charge is -2.28. The van der Waals surface area contributed by atoms with E-state index in [0.717, 1.165) is 43.8 Å². The average Bonchev–Trinajstić information content (AvgIpc) is 2.78. The van der Waals surface area contributed by atoms with Crippen LogP contribution in [0.25, 0.3) is 0 Å². The summed E-state index contributed by atoms with van der Waals surface area (Å²) >= 11 is 0. The van der Waals surface area contributed by atoms with Crippen LogP contribution in [0.5, 0.6) is 5.75 Å². The Kier molecular flexibility index (Phi) is 7.95. The lowest BCUT2D eigenvalue weighted by atomic mass is 10.1. The van der Waals surface area contributed by atoms with Gasteiger partial charge in [0.25, 0.3) is 0 Å². The van der Waals surface area contributed by atoms with E-state index in [2.05, 4.69) is 15.5 Å². The Balaban J connectivity index is 0.00000132. The van der Waals surface area contributed by atoms with E-state index in [4.69, 9.17) is 4.74 Å². The molecule has 130 valence electrons. The normalized spacial score (nSPS) is 22.4. The third-order valence-electron chi connectivity index (χ3n) is 4.48. The maximum absolute atomic E-state index is 12.6. The molecule has 2 aliphatic rings. The quantitative estimate of drug-likeness (QED) is 0.863. The molecule has 1 aromatic carbocycles. The smallest absolute Gasteiger partial charge is 0.242 e. The first-order valence-corrected chi connectivity index (χ1v) is 7.68. The van der Waals surface area contributed by atoms with Gasteiger partial charge in [-0.25, -0.2) is 0 Å². The third kappa shape index (κ3) is 4.43. The van der Waals surface area contributed by atoms with Gasteiger partial charge in [0.15, 0.2) is 0 Å². The highest BCUT2D eigenvalue weighted by atomic mass is 35.5. The Hall–Kier alpha value is -1.17. The number of halogens is 2. The van der Waals surface area contributed by atoms with Gasteiger partial charge in [0, 0.05) is 18.6 Å². The van der Waals surface area contributed by atoms with Crippen molar-refractivity contribution in [2.45, 2.75) is 31.3 Å². The average molecular weight is 362 g/mol. The van der Waals surface area contributed by atoms with E-state index in [1.807, 2.05) is 24.3 Å². The van der Waals surface area contributed by atoms with Crippen LogP contribution in [0.2, 0.25) is 0 Å². The number of fused-ring (bicyclic) bond motifs is 2. The molecule has 2 heterocycles. The second kappa shape index (κ2) is 9.21. The van der Waals surface area contributed by atoms with Gasteiger partial charge in [-0.2, -0.15) is 0 Å². The van der Waals surface area contributed by atoms with E-state index < -0.39 is 0 Å². The van der Waals surface area contributed by atoms with Crippen LogP contribution in [0.3, 0.4) is 0 Å². The summed E-state index contributed by atoms with van der Waals surface area (Å²) in [7, 11) is 1.64. The second-order valence-corrected chi connectivity index (χ2v) is 5.73. The molecule has 2 aliphatic heterocycles. The molecule has 2 bridgehead atoms. The highest BCUT2D eigenvalue weighted by Gasteiger charge is 2.37. The number of methoxy groups -OCH3 is 1. The Morgan fingerprint density at radius 2 is 2.00 bits per heavy atom. The molecule has 5 nitrogen and oxygen atoms in total. The SMILES string of the molecule is COc1ccccc1NCC(=O)N1C2CCNCC1CC2.Cl.Cl. The molecule has 7 heteroatoms. The van der Waals surface area contributed by atoms with Gasteiger partial charge in [0.2, 0.25) is 5.91 Å². The Morgan fingerprint density at radius 3 is 2.78 bits per heavy atom. The van der Waals surface area contributed by atoms with Crippen LogP contribution in [0, 0.1) is 0 Å². The molecular weight excluding hydrogens is 337 g/mol. The maximum Gasteiger partial charge on any atom is 0.242 e. The lowest BCUT2D eigenvalue weighted by molar-refractivity contribution is -0.131. The first kappa shape index (κ1) is 19.9. The number of carbonyl (C=O) groups is 1. The van der Waals surface area contributed by atoms with Gasteiger partial charge in [-0.05, 0) is 37.9 Å². The number of nitrogens with one attached hydrogen (secondary N) is 2. The summed E-state index contributed by atoms with van der Waals surface area (Å²) in [5.41, 5.74) is 0.869. The fourth-order valence-electron chi connectivity index (χ4n) is 3.44. The zero-order chi connectivity index (χ0) is 14.7. The summed E-state index contributed by atoms with van der Waals surface area (Å²) in [6.45, 7) is 2.27. The molecule has 2 saturated heterocycles. The Bertz CT molecular complexity index is 502. The molecule has 2 unspecified atom stereocenters. The van der Waals surface area contributed by atoms with Crippen molar-refractivity contribution in [2.24, 2.45) is 0 Å². The molecule has 0 radical (unpaired) electrons. The standard InChI is InChI=1S/C16H23N3O2.2ClH/c1-21-15-5-3-2-4-14(15)18-11-16(20)19-12-6-7-13(19)10-17-9-8-12;;/h2-5,12-13,17-18H,6-11H2,1H3;2*1H. The molecule has 0 spiro atoms. The molecule has 1 amide bonds. The van der Waals surface area contributed by atoms with Gasteiger partial charge >= 0.3 is 0 Å². The summed E-state index contributed by atoms with van der Waals surface area (Å²) in [6, 6.07) is 8.47. The molecule has 2 N–H and O–H groups in total. The fraction of sp³-hybridized carbons (Fsp3) is 0.562. The van der Waals surface area contributed by atoms with Gasteiger partial charge < -0.3 is 20.3 Å². The monoisotopic (exact) mass is 361 g/mol. The fourth-order valence-corrected chi connectivity index (χ4v) is 3.44. The van der Waals surface area contributed by atoms with E-state index >= 15 is 0 Å². The van der Waals surface area contributed by atoms with E-state index in [1.54, 1.807) is 7.11 Å². The molecule has 1 aromatic rings. The number of amides is 1. The van der Waals surface area contributed by atoms with Crippen molar-refractivity contribution in [1.82, 2.24) is 10.2 Å². The van der Waals surface area contributed by atoms with Crippen LogP contribution in [0.1, 0.15) is 19.3 Å². The van der Waals surface area contributed by atoms with Gasteiger partial charge in [0.1, 0.15) is 5.75 Å². The number of carbonyl (C=O) groups excluding carboxylic acids is 1. The predicted octanol–water partition coefficient (Wildman–Crippen LogP) is 2.30. The van der Waals surface area contributed by atoms with Crippen LogP contribution in [-0.2, 0) is 4.79 Å². The van der Waals surface area contributed by atoms with Crippen molar-refractivity contribution in [3.8, 4) is 5.75 Å². The minimum absolute atomic E-state index is 0. The van der Waals surface area contributed by atoms with Crippen molar-refractivity contribution in [1.29, 1.82) is 0 Å². The number of hydrogen-bond donors (Lipinski definition) is 2. The largest absolute Gasteiger partial charge is 0.495 e. The lowest BCUT2D eigenvalue weighted by Crippen LogP contribution is -2.45. The molecule has 2 fully saturated rings. The van der Waals surface area contributed by atoms with Crippen molar-refractivity contribution in [3.05, 3.63) is 24.3 Å². The Labute approximate surface area is 150 Å². The summed E-state index contributed by atoms with van der Waals surface area (Å²) in [6.07, 6.45) is 3.34. The third-order valence-corrected chi connectivity index (χ3v) is 4.48. The Morgan fingerprint density at radius 1 is 1.26 bits per heavy atom. The first-order valence-electron chi connectivity index (χ1n) is 7.68. The number of para-hydroxylation sites is 2. The van der Waals surface area contributed by atoms with Crippen LogP contribution in [-0.4, -0.2) is 49.6 Å². The maximum atomic E-state index is 12.6. The van der Waals surface area contributed by atoms with Crippen molar-refractivity contribution < 1.29 is 9.53 Å². The van der Waals surface area contributed by atoms with Gasteiger partial charge in [0.05, 0.1) is 19.3 Å². The zero-order valence-electron chi connectivity index (χ0n) is 13.3. The number of benzene rings is 1. The molecule has 0 saturated carbocycles. The van der Waals surface area contributed by atoms with Crippen LogP contribution in [0.4, 0.5) is 5.69 Å².